The van der Waals surface area contributed by atoms with Gasteiger partial charge in [-0.3, -0.25) is 0 Å². The van der Waals surface area contributed by atoms with E-state index < -0.39 is 0 Å². The third-order valence-electron chi connectivity index (χ3n) is 4.44. The number of aromatic nitrogens is 4. The summed E-state index contributed by atoms with van der Waals surface area (Å²) < 4.78 is 7.06. The van der Waals surface area contributed by atoms with Gasteiger partial charge < -0.3 is 10.1 Å². The normalized spacial score (nSPS) is 12.4. The zero-order valence-corrected chi connectivity index (χ0v) is 15.5. The fraction of sp³-hybridized carbons (Fsp3) is 0.421. The van der Waals surface area contributed by atoms with Crippen molar-refractivity contribution in [1.82, 2.24) is 19.6 Å². The molecule has 0 amide bonds. The molecule has 0 aliphatic carbocycles. The van der Waals surface area contributed by atoms with E-state index in [1.54, 1.807) is 11.6 Å². The van der Waals surface area contributed by atoms with Crippen molar-refractivity contribution in [3.8, 4) is 5.75 Å². The Kier molecular flexibility index (Phi) is 4.88. The molecule has 132 valence electrons. The van der Waals surface area contributed by atoms with E-state index in [4.69, 9.17) is 4.74 Å². The third kappa shape index (κ3) is 3.43. The van der Waals surface area contributed by atoms with E-state index in [-0.39, 0.29) is 0 Å². The van der Waals surface area contributed by atoms with Crippen molar-refractivity contribution in [3.05, 3.63) is 41.3 Å². The largest absolute Gasteiger partial charge is 0.497 e. The summed E-state index contributed by atoms with van der Waals surface area (Å²) in [4.78, 5) is 9.17. The summed E-state index contributed by atoms with van der Waals surface area (Å²) in [5.74, 6) is 2.66. The van der Waals surface area contributed by atoms with Crippen LogP contribution in [0.4, 0.5) is 11.6 Å². The van der Waals surface area contributed by atoms with Gasteiger partial charge in [-0.2, -0.15) is 14.6 Å². The predicted octanol–water partition coefficient (Wildman–Crippen LogP) is 4.40. The van der Waals surface area contributed by atoms with Crippen molar-refractivity contribution in [2.45, 2.75) is 46.5 Å². The lowest BCUT2D eigenvalue weighted by atomic mass is 9.99. The molecule has 25 heavy (non-hydrogen) atoms. The van der Waals surface area contributed by atoms with Gasteiger partial charge in [0.1, 0.15) is 11.6 Å². The van der Waals surface area contributed by atoms with Crippen LogP contribution in [-0.2, 0) is 0 Å². The highest BCUT2D eigenvalue weighted by Gasteiger charge is 2.16. The van der Waals surface area contributed by atoms with Gasteiger partial charge in [-0.25, -0.2) is 4.98 Å². The summed E-state index contributed by atoms with van der Waals surface area (Å²) in [6.07, 6.45) is 4.17. The van der Waals surface area contributed by atoms with Crippen molar-refractivity contribution in [3.63, 3.8) is 0 Å². The highest BCUT2D eigenvalue weighted by atomic mass is 16.5. The smallest absolute Gasteiger partial charge is 0.232 e. The van der Waals surface area contributed by atoms with Crippen LogP contribution in [0, 0.1) is 13.8 Å². The molecule has 2 aromatic heterocycles. The van der Waals surface area contributed by atoms with Gasteiger partial charge in [0.2, 0.25) is 5.95 Å². The lowest BCUT2D eigenvalue weighted by Gasteiger charge is -2.12. The molecule has 0 bridgehead atoms. The van der Waals surface area contributed by atoms with Gasteiger partial charge in [-0.05, 0) is 49.9 Å². The average Bonchev–Trinajstić information content (AvgIpc) is 3.00. The van der Waals surface area contributed by atoms with E-state index in [2.05, 4.69) is 34.2 Å². The maximum Gasteiger partial charge on any atom is 0.232 e. The number of hydrogen-bond donors (Lipinski definition) is 1. The van der Waals surface area contributed by atoms with E-state index >= 15 is 0 Å². The van der Waals surface area contributed by atoms with Crippen LogP contribution in [0.1, 0.15) is 49.6 Å². The van der Waals surface area contributed by atoms with Crippen LogP contribution < -0.4 is 10.1 Å². The highest BCUT2D eigenvalue weighted by Crippen LogP contribution is 2.27. The monoisotopic (exact) mass is 339 g/mol. The summed E-state index contributed by atoms with van der Waals surface area (Å²) in [5.41, 5.74) is 4.10. The van der Waals surface area contributed by atoms with E-state index in [0.717, 1.165) is 41.3 Å². The van der Waals surface area contributed by atoms with Crippen molar-refractivity contribution in [1.29, 1.82) is 0 Å². The summed E-state index contributed by atoms with van der Waals surface area (Å²) in [6, 6.07) is 5.91. The minimum absolute atomic E-state index is 0.423. The number of ether oxygens (including phenoxy) is 1. The van der Waals surface area contributed by atoms with E-state index in [0.29, 0.717) is 11.9 Å². The quantitative estimate of drug-likeness (QED) is 0.721. The molecule has 6 heteroatoms. The molecule has 0 spiro atoms. The van der Waals surface area contributed by atoms with E-state index in [9.17, 15) is 0 Å². The van der Waals surface area contributed by atoms with Gasteiger partial charge in [-0.1, -0.05) is 20.3 Å². The molecule has 1 unspecified atom stereocenters. The third-order valence-corrected chi connectivity index (χ3v) is 4.44. The maximum atomic E-state index is 5.27. The first-order chi connectivity index (χ1) is 12.0. The molecule has 0 radical (unpaired) electrons. The Balaban J connectivity index is 2.02. The highest BCUT2D eigenvalue weighted by molar-refractivity contribution is 5.62. The van der Waals surface area contributed by atoms with Crippen LogP contribution in [-0.4, -0.2) is 26.7 Å². The first-order valence-corrected chi connectivity index (χ1v) is 8.67. The second-order valence-corrected chi connectivity index (χ2v) is 6.43. The summed E-state index contributed by atoms with van der Waals surface area (Å²) in [5, 5.41) is 7.91. The first-order valence-electron chi connectivity index (χ1n) is 8.67. The van der Waals surface area contributed by atoms with Crippen molar-refractivity contribution < 1.29 is 4.74 Å². The summed E-state index contributed by atoms with van der Waals surface area (Å²) in [7, 11) is 1.67. The molecule has 1 N–H and O–H groups in total. The number of benzene rings is 1. The van der Waals surface area contributed by atoms with Crippen molar-refractivity contribution in [2.75, 3.05) is 12.4 Å². The van der Waals surface area contributed by atoms with Crippen LogP contribution in [0.2, 0.25) is 0 Å². The van der Waals surface area contributed by atoms with Gasteiger partial charge >= 0.3 is 0 Å². The van der Waals surface area contributed by atoms with Gasteiger partial charge in [0.25, 0.3) is 0 Å². The maximum absolute atomic E-state index is 5.27. The predicted molar refractivity (Wildman–Crippen MR) is 99.9 cm³/mol. The topological polar surface area (TPSA) is 64.3 Å². The Morgan fingerprint density at radius 1 is 1.24 bits per heavy atom. The molecular weight excluding hydrogens is 314 g/mol. The van der Waals surface area contributed by atoms with Crippen LogP contribution >= 0.6 is 0 Å². The number of nitrogens with zero attached hydrogens (tertiary/aromatic N) is 4. The molecule has 0 fully saturated rings. The Hall–Kier alpha value is -2.63. The molecule has 2 heterocycles. The Morgan fingerprint density at radius 3 is 2.72 bits per heavy atom. The summed E-state index contributed by atoms with van der Waals surface area (Å²) >= 11 is 0. The molecule has 1 aromatic carbocycles. The molecule has 1 atom stereocenters. The number of fused-ring (bicyclic) bond motifs is 1. The van der Waals surface area contributed by atoms with Gasteiger partial charge in [-0.15, -0.1) is 0 Å². The zero-order valence-electron chi connectivity index (χ0n) is 15.5. The van der Waals surface area contributed by atoms with Gasteiger partial charge in [0, 0.05) is 11.3 Å². The standard InChI is InChI=1S/C19H25N5O/c1-6-7-12(2)16-11-20-24-18(16)21-14(4)22-19(24)23-17-9-8-15(25-5)10-13(17)3/h8-12H,6-7H2,1-5H3,(H,21,22,23). The van der Waals surface area contributed by atoms with Crippen LogP contribution in [0.15, 0.2) is 24.4 Å². The van der Waals surface area contributed by atoms with Gasteiger partial charge in [0.05, 0.1) is 13.3 Å². The Morgan fingerprint density at radius 2 is 2.04 bits per heavy atom. The molecule has 3 rings (SSSR count). The number of hydrogen-bond acceptors (Lipinski definition) is 5. The number of methoxy groups -OCH3 is 1. The fourth-order valence-electron chi connectivity index (χ4n) is 3.04. The number of anilines is 2. The van der Waals surface area contributed by atoms with Crippen molar-refractivity contribution in [2.24, 2.45) is 0 Å². The van der Waals surface area contributed by atoms with Crippen LogP contribution in [0.3, 0.4) is 0 Å². The molecule has 0 aliphatic rings. The number of aryl methyl sites for hydroxylation is 2. The molecular formula is C19H25N5O. The molecule has 0 aliphatic heterocycles. The van der Waals surface area contributed by atoms with Crippen LogP contribution in [0.5, 0.6) is 5.75 Å². The molecule has 3 aromatic rings. The fourth-order valence-corrected chi connectivity index (χ4v) is 3.04. The van der Waals surface area contributed by atoms with Crippen molar-refractivity contribution >= 4 is 17.3 Å². The number of rotatable bonds is 6. The minimum Gasteiger partial charge on any atom is -0.497 e. The second-order valence-electron chi connectivity index (χ2n) is 6.43. The number of nitrogens with one attached hydrogen (secondary N) is 1. The molecule has 0 saturated carbocycles. The second kappa shape index (κ2) is 7.09. The summed E-state index contributed by atoms with van der Waals surface area (Å²) in [6.45, 7) is 8.36. The first kappa shape index (κ1) is 17.2. The Labute approximate surface area is 148 Å². The lowest BCUT2D eigenvalue weighted by molar-refractivity contribution is 0.414. The SMILES string of the molecule is CCCC(C)c1cnn2c(Nc3ccc(OC)cc3C)nc(C)nc12. The zero-order chi connectivity index (χ0) is 18.0. The lowest BCUT2D eigenvalue weighted by Crippen LogP contribution is -2.07. The average molecular weight is 339 g/mol. The van der Waals surface area contributed by atoms with Crippen LogP contribution in [0.25, 0.3) is 5.65 Å². The molecule has 0 saturated heterocycles. The minimum atomic E-state index is 0.423. The Bertz CT molecular complexity index is 887. The van der Waals surface area contributed by atoms with E-state index in [1.807, 2.05) is 38.2 Å². The van der Waals surface area contributed by atoms with E-state index in [1.165, 1.54) is 5.56 Å². The van der Waals surface area contributed by atoms with Gasteiger partial charge in [0.15, 0.2) is 5.65 Å². The molecule has 6 nitrogen and oxygen atoms in total.